The van der Waals surface area contributed by atoms with Gasteiger partial charge in [-0.2, -0.15) is 4.68 Å². The summed E-state index contributed by atoms with van der Waals surface area (Å²) < 4.78 is 15.5. The Morgan fingerprint density at radius 1 is 1.04 bits per heavy atom. The van der Waals surface area contributed by atoms with Gasteiger partial charge in [0.1, 0.15) is 12.4 Å². The summed E-state index contributed by atoms with van der Waals surface area (Å²) in [5.74, 6) is -0.256. The number of tetrazole rings is 1. The van der Waals surface area contributed by atoms with Crippen molar-refractivity contribution in [2.24, 2.45) is 0 Å². The number of para-hydroxylation sites is 1. The molecule has 2 aromatic carbocycles. The van der Waals surface area contributed by atoms with E-state index < -0.39 is 0 Å². The second kappa shape index (κ2) is 6.53. The molecular weight excluding hydrogens is 297 g/mol. The molecule has 0 saturated carbocycles. The SMILES string of the molecule is C[NH+](Cc1ccc(F)cc1)Cn1nnn(-c2ccccc2)c1=O. The molecule has 1 atom stereocenters. The first-order valence-electron chi connectivity index (χ1n) is 7.27. The van der Waals surface area contributed by atoms with Crippen LogP contribution in [0.4, 0.5) is 4.39 Å². The lowest BCUT2D eigenvalue weighted by Gasteiger charge is -2.12. The molecule has 7 heteroatoms. The van der Waals surface area contributed by atoms with Crippen LogP contribution in [0.1, 0.15) is 5.56 Å². The predicted molar refractivity (Wildman–Crippen MR) is 82.6 cm³/mol. The largest absolute Gasteiger partial charge is 0.373 e. The van der Waals surface area contributed by atoms with Crippen molar-refractivity contribution in [2.75, 3.05) is 7.05 Å². The van der Waals surface area contributed by atoms with Gasteiger partial charge in [0.05, 0.1) is 12.7 Å². The average molecular weight is 314 g/mol. The molecule has 3 rings (SSSR count). The van der Waals surface area contributed by atoms with Crippen LogP contribution < -0.4 is 10.6 Å². The number of hydrogen-bond acceptors (Lipinski definition) is 3. The predicted octanol–water partition coefficient (Wildman–Crippen LogP) is 0.240. The molecule has 1 unspecified atom stereocenters. The van der Waals surface area contributed by atoms with Crippen LogP contribution >= 0.6 is 0 Å². The number of halogens is 1. The molecule has 0 aliphatic heterocycles. The van der Waals surface area contributed by atoms with E-state index in [1.165, 1.54) is 21.5 Å². The van der Waals surface area contributed by atoms with Gasteiger partial charge in [0.15, 0.2) is 6.67 Å². The maximum absolute atomic E-state index is 12.9. The van der Waals surface area contributed by atoms with Gasteiger partial charge in [0.2, 0.25) is 0 Å². The summed E-state index contributed by atoms with van der Waals surface area (Å²) in [4.78, 5) is 13.4. The molecule has 0 bridgehead atoms. The monoisotopic (exact) mass is 314 g/mol. The smallest absolute Gasteiger partial charge is 0.315 e. The summed E-state index contributed by atoms with van der Waals surface area (Å²) in [6, 6.07) is 15.5. The molecule has 3 aromatic rings. The Kier molecular flexibility index (Phi) is 4.29. The van der Waals surface area contributed by atoms with Crippen LogP contribution in [0.2, 0.25) is 0 Å². The summed E-state index contributed by atoms with van der Waals surface area (Å²) in [7, 11) is 1.94. The van der Waals surface area contributed by atoms with E-state index in [0.717, 1.165) is 10.5 Å². The second-order valence-electron chi connectivity index (χ2n) is 5.43. The highest BCUT2D eigenvalue weighted by molar-refractivity contribution is 5.28. The molecule has 0 amide bonds. The van der Waals surface area contributed by atoms with Gasteiger partial charge in [-0.15, -0.1) is 4.68 Å². The van der Waals surface area contributed by atoms with E-state index in [2.05, 4.69) is 10.4 Å². The first-order valence-corrected chi connectivity index (χ1v) is 7.27. The lowest BCUT2D eigenvalue weighted by atomic mass is 10.2. The van der Waals surface area contributed by atoms with Crippen molar-refractivity contribution in [3.8, 4) is 5.69 Å². The molecule has 6 nitrogen and oxygen atoms in total. The number of benzene rings is 2. The van der Waals surface area contributed by atoms with Crippen molar-refractivity contribution in [2.45, 2.75) is 13.2 Å². The van der Waals surface area contributed by atoms with Crippen LogP contribution in [0.5, 0.6) is 0 Å². The van der Waals surface area contributed by atoms with Crippen molar-refractivity contribution in [3.63, 3.8) is 0 Å². The minimum atomic E-state index is -0.283. The lowest BCUT2D eigenvalue weighted by Crippen LogP contribution is -3.07. The Morgan fingerprint density at radius 3 is 2.43 bits per heavy atom. The van der Waals surface area contributed by atoms with E-state index in [1.54, 1.807) is 24.3 Å². The molecule has 1 aromatic heterocycles. The van der Waals surface area contributed by atoms with Crippen LogP contribution in [0.3, 0.4) is 0 Å². The first kappa shape index (κ1) is 15.1. The van der Waals surface area contributed by atoms with E-state index >= 15 is 0 Å². The van der Waals surface area contributed by atoms with Gasteiger partial charge >= 0.3 is 5.69 Å². The van der Waals surface area contributed by atoms with E-state index in [-0.39, 0.29) is 11.5 Å². The minimum Gasteiger partial charge on any atom is -0.315 e. The van der Waals surface area contributed by atoms with Crippen LogP contribution in [0.25, 0.3) is 5.69 Å². The number of aromatic nitrogens is 4. The third-order valence-corrected chi connectivity index (χ3v) is 3.48. The fraction of sp³-hybridized carbons (Fsp3) is 0.188. The molecule has 0 aliphatic carbocycles. The summed E-state index contributed by atoms with van der Waals surface area (Å²) in [6.45, 7) is 1.04. The number of rotatable bonds is 5. The summed E-state index contributed by atoms with van der Waals surface area (Å²) >= 11 is 0. The number of nitrogens with zero attached hydrogens (tertiary/aromatic N) is 4. The first-order chi connectivity index (χ1) is 11.1. The van der Waals surface area contributed by atoms with Crippen molar-refractivity contribution in [3.05, 3.63) is 76.5 Å². The normalized spacial score (nSPS) is 12.3. The Balaban J connectivity index is 1.72. The Hall–Kier alpha value is -2.80. The van der Waals surface area contributed by atoms with E-state index in [9.17, 15) is 9.18 Å². The van der Waals surface area contributed by atoms with Gasteiger partial charge in [0.25, 0.3) is 0 Å². The Morgan fingerprint density at radius 2 is 1.74 bits per heavy atom. The molecular formula is C16H17FN5O+. The minimum absolute atomic E-state index is 0.256. The average Bonchev–Trinajstić information content (AvgIpc) is 2.91. The van der Waals surface area contributed by atoms with Gasteiger partial charge < -0.3 is 4.90 Å². The van der Waals surface area contributed by atoms with Gasteiger partial charge in [-0.05, 0) is 34.7 Å². The highest BCUT2D eigenvalue weighted by atomic mass is 19.1. The highest BCUT2D eigenvalue weighted by Crippen LogP contribution is 2.01. The zero-order chi connectivity index (χ0) is 16.2. The topological polar surface area (TPSA) is 57.2 Å². The quantitative estimate of drug-likeness (QED) is 0.734. The molecule has 0 spiro atoms. The second-order valence-corrected chi connectivity index (χ2v) is 5.43. The van der Waals surface area contributed by atoms with Gasteiger partial charge in [0, 0.05) is 5.56 Å². The Labute approximate surface area is 132 Å². The number of hydrogen-bond donors (Lipinski definition) is 1. The van der Waals surface area contributed by atoms with Gasteiger partial charge in [-0.25, -0.2) is 9.18 Å². The van der Waals surface area contributed by atoms with E-state index in [0.29, 0.717) is 18.9 Å². The van der Waals surface area contributed by atoms with E-state index in [4.69, 9.17) is 0 Å². The van der Waals surface area contributed by atoms with Crippen LogP contribution in [-0.2, 0) is 13.2 Å². The maximum atomic E-state index is 12.9. The fourth-order valence-electron chi connectivity index (χ4n) is 2.37. The molecule has 23 heavy (non-hydrogen) atoms. The maximum Gasteiger partial charge on any atom is 0.373 e. The third kappa shape index (κ3) is 3.51. The van der Waals surface area contributed by atoms with Crippen LogP contribution in [-0.4, -0.2) is 26.8 Å². The zero-order valence-corrected chi connectivity index (χ0v) is 12.7. The van der Waals surface area contributed by atoms with Crippen molar-refractivity contribution >= 4 is 0 Å². The Bertz CT molecular complexity index is 826. The van der Waals surface area contributed by atoms with Gasteiger partial charge in [-0.3, -0.25) is 0 Å². The lowest BCUT2D eigenvalue weighted by molar-refractivity contribution is -0.917. The standard InChI is InChI=1S/C16H16FN5O/c1-20(11-13-7-9-14(17)10-8-13)12-21-16(23)22(19-18-21)15-5-3-2-4-6-15/h2-10H,11-12H2,1H3/p+1. The summed E-state index contributed by atoms with van der Waals surface area (Å²) in [6.07, 6.45) is 0. The molecule has 0 fully saturated rings. The fourth-order valence-corrected chi connectivity index (χ4v) is 2.37. The highest BCUT2D eigenvalue weighted by Gasteiger charge is 2.12. The summed E-state index contributed by atoms with van der Waals surface area (Å²) in [5.41, 5.74) is 1.39. The van der Waals surface area contributed by atoms with Crippen molar-refractivity contribution in [1.29, 1.82) is 0 Å². The summed E-state index contributed by atoms with van der Waals surface area (Å²) in [5, 5.41) is 7.84. The molecule has 118 valence electrons. The van der Waals surface area contributed by atoms with Crippen molar-refractivity contribution < 1.29 is 9.29 Å². The molecule has 1 N–H and O–H groups in total. The van der Waals surface area contributed by atoms with Crippen LogP contribution in [0, 0.1) is 5.82 Å². The number of nitrogens with one attached hydrogen (secondary N) is 1. The molecule has 0 saturated heterocycles. The molecule has 0 aliphatic rings. The number of quaternary nitrogens is 1. The van der Waals surface area contributed by atoms with Gasteiger partial charge in [-0.1, -0.05) is 30.3 Å². The van der Waals surface area contributed by atoms with Crippen molar-refractivity contribution in [1.82, 2.24) is 19.8 Å². The third-order valence-electron chi connectivity index (χ3n) is 3.48. The van der Waals surface area contributed by atoms with E-state index in [1.807, 2.05) is 25.2 Å². The molecule has 1 heterocycles. The molecule has 0 radical (unpaired) electrons. The van der Waals surface area contributed by atoms with Crippen LogP contribution in [0.15, 0.2) is 59.4 Å². The zero-order valence-electron chi connectivity index (χ0n) is 12.7.